The van der Waals surface area contributed by atoms with Crippen LogP contribution in [0.3, 0.4) is 0 Å². The number of unbranched alkanes of at least 4 members (excludes halogenated alkanes) is 20. The first-order chi connectivity index (χ1) is 28.0. The largest absolute Gasteiger partial charge is 0.462 e. The molecule has 326 valence electrons. The summed E-state index contributed by atoms with van der Waals surface area (Å²) < 4.78 is 16.7. The maximum atomic E-state index is 12.7. The minimum Gasteiger partial charge on any atom is -0.462 e. The van der Waals surface area contributed by atoms with Crippen LogP contribution in [0.4, 0.5) is 0 Å². The van der Waals surface area contributed by atoms with Crippen LogP contribution >= 0.6 is 0 Å². The van der Waals surface area contributed by atoms with Gasteiger partial charge in [0.25, 0.3) is 0 Å². The monoisotopic (exact) mass is 795 g/mol. The van der Waals surface area contributed by atoms with E-state index in [1.165, 1.54) is 77.0 Å². The predicted octanol–water partition coefficient (Wildman–Crippen LogP) is 15.1. The third-order valence-corrected chi connectivity index (χ3v) is 9.77. The summed E-state index contributed by atoms with van der Waals surface area (Å²) in [4.78, 5) is 37.8. The molecule has 0 aliphatic heterocycles. The lowest BCUT2D eigenvalue weighted by atomic mass is 10.0. The molecule has 0 radical (unpaired) electrons. The van der Waals surface area contributed by atoms with Gasteiger partial charge in [-0.25, -0.2) is 0 Å². The van der Waals surface area contributed by atoms with Gasteiger partial charge in [-0.15, -0.1) is 0 Å². The van der Waals surface area contributed by atoms with E-state index in [2.05, 4.69) is 87.6 Å². The summed E-state index contributed by atoms with van der Waals surface area (Å²) in [6.45, 7) is 6.31. The highest BCUT2D eigenvalue weighted by Gasteiger charge is 2.19. The van der Waals surface area contributed by atoms with Crippen molar-refractivity contribution < 1.29 is 28.6 Å². The Morgan fingerprint density at radius 2 is 0.789 bits per heavy atom. The predicted molar refractivity (Wildman–Crippen MR) is 242 cm³/mol. The fraction of sp³-hybridized carbons (Fsp3) is 0.706. The lowest BCUT2D eigenvalue weighted by molar-refractivity contribution is -0.167. The minimum atomic E-state index is -0.802. The maximum Gasteiger partial charge on any atom is 0.306 e. The molecule has 6 nitrogen and oxygen atoms in total. The average molecular weight is 795 g/mol. The molecular weight excluding hydrogens is 709 g/mol. The van der Waals surface area contributed by atoms with Crippen LogP contribution in [0, 0.1) is 0 Å². The molecule has 0 aromatic rings. The van der Waals surface area contributed by atoms with Gasteiger partial charge in [-0.05, 0) is 64.2 Å². The Labute approximate surface area is 351 Å². The van der Waals surface area contributed by atoms with Crippen molar-refractivity contribution in [1.29, 1.82) is 0 Å². The van der Waals surface area contributed by atoms with E-state index in [0.29, 0.717) is 19.3 Å². The molecule has 1 atom stereocenters. The van der Waals surface area contributed by atoms with E-state index in [0.717, 1.165) is 89.9 Å². The molecule has 0 amide bonds. The second-order valence-electron chi connectivity index (χ2n) is 15.3. The molecule has 0 saturated heterocycles. The number of carbonyl (C=O) groups is 3. The Morgan fingerprint density at radius 3 is 1.32 bits per heavy atom. The van der Waals surface area contributed by atoms with Crippen molar-refractivity contribution in [2.24, 2.45) is 0 Å². The molecule has 0 heterocycles. The zero-order valence-corrected chi connectivity index (χ0v) is 37.1. The number of ether oxygens (including phenoxy) is 3. The Bertz CT molecular complexity index is 1100. The van der Waals surface area contributed by atoms with Crippen LogP contribution in [0.1, 0.15) is 213 Å². The van der Waals surface area contributed by atoms with Crippen molar-refractivity contribution in [3.63, 3.8) is 0 Å². The van der Waals surface area contributed by atoms with Gasteiger partial charge in [-0.3, -0.25) is 14.4 Å². The Balaban J connectivity index is 4.44. The third-order valence-electron chi connectivity index (χ3n) is 9.77. The van der Waals surface area contributed by atoms with Gasteiger partial charge >= 0.3 is 17.9 Å². The van der Waals surface area contributed by atoms with Gasteiger partial charge in [-0.1, -0.05) is 203 Å². The molecular formula is C51H86O6. The number of carbonyl (C=O) groups excluding carboxylic acids is 3. The lowest BCUT2D eigenvalue weighted by Gasteiger charge is -2.18. The van der Waals surface area contributed by atoms with Crippen molar-refractivity contribution in [1.82, 2.24) is 0 Å². The number of hydrogen-bond acceptors (Lipinski definition) is 6. The SMILES string of the molecule is CC\C=C/C=C\C=C/CCCCCCCC(=O)OC(COC(=O)CCC/C=C\C/C=C\C/C=C\CC)COC(=O)CCCCCCCCCCCCCCCCC. The van der Waals surface area contributed by atoms with Gasteiger partial charge in [-0.2, -0.15) is 0 Å². The van der Waals surface area contributed by atoms with Crippen LogP contribution in [0.15, 0.2) is 72.9 Å². The lowest BCUT2D eigenvalue weighted by Crippen LogP contribution is -2.30. The second kappa shape index (κ2) is 45.6. The van der Waals surface area contributed by atoms with Crippen molar-refractivity contribution >= 4 is 17.9 Å². The van der Waals surface area contributed by atoms with Crippen molar-refractivity contribution in [3.05, 3.63) is 72.9 Å². The molecule has 6 heteroatoms. The van der Waals surface area contributed by atoms with Crippen LogP contribution in [0.2, 0.25) is 0 Å². The molecule has 0 saturated carbocycles. The summed E-state index contributed by atoms with van der Waals surface area (Å²) in [5, 5.41) is 0. The molecule has 57 heavy (non-hydrogen) atoms. The summed E-state index contributed by atoms with van der Waals surface area (Å²) in [7, 11) is 0. The summed E-state index contributed by atoms with van der Waals surface area (Å²) in [6.07, 6.45) is 56.1. The summed E-state index contributed by atoms with van der Waals surface area (Å²) in [5.41, 5.74) is 0. The Morgan fingerprint density at radius 1 is 0.386 bits per heavy atom. The standard InChI is InChI=1S/C51H86O6/c1-4-7-10-13-16-19-22-24-25-27-29-32-35-38-41-44-50(53)56-47-48(46-55-49(52)43-40-37-34-31-28-21-18-15-12-9-6-3)57-51(54)45-42-39-36-33-30-26-23-20-17-14-11-8-5-2/h8-9,11-12,14,17-18,20-21,23,31,34,48H,4-7,10,13,15-16,19,22,24-30,32-33,35-47H2,1-3H3/b11-8-,12-9-,17-14-,21-18-,23-20-,34-31-. The van der Waals surface area contributed by atoms with Crippen molar-refractivity contribution in [3.8, 4) is 0 Å². The second-order valence-corrected chi connectivity index (χ2v) is 15.3. The first kappa shape index (κ1) is 53.9. The Hall–Kier alpha value is -3.15. The number of esters is 3. The van der Waals surface area contributed by atoms with Crippen LogP contribution < -0.4 is 0 Å². The van der Waals surface area contributed by atoms with E-state index >= 15 is 0 Å². The van der Waals surface area contributed by atoms with Crippen molar-refractivity contribution in [2.45, 2.75) is 219 Å². The first-order valence-corrected chi connectivity index (χ1v) is 23.5. The van der Waals surface area contributed by atoms with Gasteiger partial charge < -0.3 is 14.2 Å². The van der Waals surface area contributed by atoms with E-state index in [9.17, 15) is 14.4 Å². The number of rotatable bonds is 41. The third kappa shape index (κ3) is 43.8. The molecule has 0 aliphatic carbocycles. The topological polar surface area (TPSA) is 78.9 Å². The van der Waals surface area contributed by atoms with E-state index in [1.807, 2.05) is 6.08 Å². The molecule has 1 unspecified atom stereocenters. The Kier molecular flexibility index (Phi) is 43.0. The van der Waals surface area contributed by atoms with Crippen LogP contribution in [-0.2, 0) is 28.6 Å². The molecule has 0 fully saturated rings. The maximum absolute atomic E-state index is 12.7. The smallest absolute Gasteiger partial charge is 0.306 e. The zero-order chi connectivity index (χ0) is 41.5. The van der Waals surface area contributed by atoms with Crippen molar-refractivity contribution in [2.75, 3.05) is 13.2 Å². The molecule has 0 rings (SSSR count). The fourth-order valence-corrected chi connectivity index (χ4v) is 6.29. The highest BCUT2D eigenvalue weighted by Crippen LogP contribution is 2.15. The van der Waals surface area contributed by atoms with Gasteiger partial charge in [0, 0.05) is 19.3 Å². The molecule has 0 aliphatic rings. The number of allylic oxidation sites excluding steroid dienone is 12. The highest BCUT2D eigenvalue weighted by atomic mass is 16.6. The van der Waals surface area contributed by atoms with E-state index < -0.39 is 6.10 Å². The number of hydrogen-bond donors (Lipinski definition) is 0. The van der Waals surface area contributed by atoms with Crippen LogP contribution in [0.5, 0.6) is 0 Å². The van der Waals surface area contributed by atoms with E-state index in [1.54, 1.807) is 0 Å². The fourth-order valence-electron chi connectivity index (χ4n) is 6.29. The first-order valence-electron chi connectivity index (χ1n) is 23.5. The van der Waals surface area contributed by atoms with Gasteiger partial charge in [0.15, 0.2) is 6.10 Å². The molecule has 0 N–H and O–H groups in total. The quantitative estimate of drug-likeness (QED) is 0.0202. The molecule has 0 aromatic heterocycles. The summed E-state index contributed by atoms with van der Waals surface area (Å²) in [5.74, 6) is -0.979. The summed E-state index contributed by atoms with van der Waals surface area (Å²) >= 11 is 0. The average Bonchev–Trinajstić information content (AvgIpc) is 3.21. The molecule has 0 aromatic carbocycles. The molecule has 0 bridgehead atoms. The minimum absolute atomic E-state index is 0.0985. The van der Waals surface area contributed by atoms with E-state index in [4.69, 9.17) is 14.2 Å². The van der Waals surface area contributed by atoms with E-state index in [-0.39, 0.29) is 37.5 Å². The highest BCUT2D eigenvalue weighted by molar-refractivity contribution is 5.71. The van der Waals surface area contributed by atoms with Gasteiger partial charge in [0.05, 0.1) is 0 Å². The van der Waals surface area contributed by atoms with Gasteiger partial charge in [0.1, 0.15) is 13.2 Å². The van der Waals surface area contributed by atoms with Gasteiger partial charge in [0.2, 0.25) is 0 Å². The van der Waals surface area contributed by atoms with Crippen LogP contribution in [-0.4, -0.2) is 37.2 Å². The normalized spacial score (nSPS) is 12.7. The van der Waals surface area contributed by atoms with Crippen LogP contribution in [0.25, 0.3) is 0 Å². The zero-order valence-electron chi connectivity index (χ0n) is 37.1. The molecule has 0 spiro atoms. The summed E-state index contributed by atoms with van der Waals surface area (Å²) in [6, 6.07) is 0.